The number of carbonyl (C=O) groups is 1. The zero-order valence-corrected chi connectivity index (χ0v) is 16.9. The van der Waals surface area contributed by atoms with E-state index in [-0.39, 0.29) is 34.8 Å². The monoisotopic (exact) mass is 421 g/mol. The van der Waals surface area contributed by atoms with Gasteiger partial charge in [0.05, 0.1) is 11.4 Å². The maximum atomic E-state index is 13.4. The molecule has 3 aromatic heterocycles. The van der Waals surface area contributed by atoms with Gasteiger partial charge in [-0.2, -0.15) is 18.3 Å². The van der Waals surface area contributed by atoms with Gasteiger partial charge in [-0.15, -0.1) is 0 Å². The lowest BCUT2D eigenvalue weighted by Crippen LogP contribution is -2.39. The third-order valence-corrected chi connectivity index (χ3v) is 5.32. The molecule has 1 atom stereocenters. The van der Waals surface area contributed by atoms with Crippen molar-refractivity contribution in [3.8, 4) is 0 Å². The van der Waals surface area contributed by atoms with Gasteiger partial charge in [0.2, 0.25) is 5.76 Å². The number of rotatable bonds is 3. The summed E-state index contributed by atoms with van der Waals surface area (Å²) < 4.78 is 46.3. The van der Waals surface area contributed by atoms with E-state index in [0.29, 0.717) is 30.9 Å². The Bertz CT molecular complexity index is 1090. The Hall–Kier alpha value is -2.91. The topological polar surface area (TPSA) is 76.5 Å². The second-order valence-electron chi connectivity index (χ2n) is 7.98. The lowest BCUT2D eigenvalue weighted by Gasteiger charge is -2.31. The number of aromatic nitrogens is 4. The molecule has 30 heavy (non-hydrogen) atoms. The Morgan fingerprint density at radius 3 is 2.70 bits per heavy atom. The summed E-state index contributed by atoms with van der Waals surface area (Å²) in [4.78, 5) is 18.6. The summed E-state index contributed by atoms with van der Waals surface area (Å²) in [6.45, 7) is 6.33. The van der Waals surface area contributed by atoms with Gasteiger partial charge in [-0.3, -0.25) is 4.79 Å². The Balaban J connectivity index is 1.60. The smallest absolute Gasteiger partial charge is 0.351 e. The molecule has 0 saturated carbocycles. The van der Waals surface area contributed by atoms with Gasteiger partial charge in [-0.25, -0.2) is 9.50 Å². The van der Waals surface area contributed by atoms with E-state index < -0.39 is 11.9 Å². The summed E-state index contributed by atoms with van der Waals surface area (Å²) in [6.07, 6.45) is -3.10. The zero-order valence-electron chi connectivity index (χ0n) is 16.9. The molecule has 0 spiro atoms. The Morgan fingerprint density at radius 1 is 1.27 bits per heavy atom. The molecule has 3 aromatic rings. The summed E-state index contributed by atoms with van der Waals surface area (Å²) in [5.74, 6) is -0.141. The number of amides is 1. The number of halogens is 3. The maximum absolute atomic E-state index is 13.4. The number of hydrogen-bond donors (Lipinski definition) is 0. The summed E-state index contributed by atoms with van der Waals surface area (Å²) >= 11 is 0. The van der Waals surface area contributed by atoms with E-state index in [0.717, 1.165) is 17.0 Å². The van der Waals surface area contributed by atoms with Crippen LogP contribution in [0.3, 0.4) is 0 Å². The summed E-state index contributed by atoms with van der Waals surface area (Å²) in [5.41, 5.74) is 0.762. The maximum Gasteiger partial charge on any atom is 0.433 e. The molecular weight excluding hydrogens is 399 g/mol. The number of hydrogen-bond acceptors (Lipinski definition) is 5. The molecule has 7 nitrogen and oxygen atoms in total. The highest BCUT2D eigenvalue weighted by molar-refractivity contribution is 5.91. The van der Waals surface area contributed by atoms with Gasteiger partial charge >= 0.3 is 6.18 Å². The molecule has 160 valence electrons. The van der Waals surface area contributed by atoms with E-state index in [4.69, 9.17) is 4.52 Å². The molecule has 0 radical (unpaired) electrons. The summed E-state index contributed by atoms with van der Waals surface area (Å²) in [6, 6.07) is 4.20. The first-order valence-corrected chi connectivity index (χ1v) is 9.84. The van der Waals surface area contributed by atoms with Crippen LogP contribution in [0.4, 0.5) is 13.2 Å². The molecule has 1 unspecified atom stereocenters. The Kier molecular flexibility index (Phi) is 5.03. The standard InChI is InChI=1S/C20H22F3N5O2/c1-11(2)14-8-16(30-26-14)19(29)27-6-4-5-13(10-27)15-9-18-24-12(3)7-17(20(21,22)23)28(18)25-15/h7-9,11,13H,4-6,10H2,1-3H3. The average molecular weight is 421 g/mol. The van der Waals surface area contributed by atoms with Crippen molar-refractivity contribution in [1.29, 1.82) is 0 Å². The molecule has 4 rings (SSSR count). The normalized spacial score (nSPS) is 17.8. The van der Waals surface area contributed by atoms with E-state index in [1.807, 2.05) is 13.8 Å². The molecule has 0 N–H and O–H groups in total. The highest BCUT2D eigenvalue weighted by Gasteiger charge is 2.36. The fourth-order valence-electron chi connectivity index (χ4n) is 3.74. The van der Waals surface area contributed by atoms with Gasteiger partial charge in [0, 0.05) is 36.8 Å². The number of carbonyl (C=O) groups excluding carboxylic acids is 1. The molecule has 1 aliphatic rings. The van der Waals surface area contributed by atoms with Crippen LogP contribution in [0.25, 0.3) is 5.65 Å². The largest absolute Gasteiger partial charge is 0.433 e. The number of piperidine rings is 1. The summed E-state index contributed by atoms with van der Waals surface area (Å²) in [5, 5.41) is 8.12. The molecular formula is C20H22F3N5O2. The van der Waals surface area contributed by atoms with Crippen molar-refractivity contribution in [2.24, 2.45) is 0 Å². The molecule has 1 fully saturated rings. The van der Waals surface area contributed by atoms with E-state index in [9.17, 15) is 18.0 Å². The lowest BCUT2D eigenvalue weighted by atomic mass is 9.94. The van der Waals surface area contributed by atoms with Crippen LogP contribution < -0.4 is 0 Å². The number of likely N-dealkylation sites (tertiary alicyclic amines) is 1. The average Bonchev–Trinajstić information content (AvgIpc) is 3.33. The van der Waals surface area contributed by atoms with Gasteiger partial charge in [-0.1, -0.05) is 19.0 Å². The SMILES string of the molecule is Cc1cc(C(F)(F)F)n2nc(C3CCCN(C(=O)c4cc(C(C)C)no4)C3)cc2n1. The lowest BCUT2D eigenvalue weighted by molar-refractivity contribution is -0.142. The molecule has 0 aliphatic carbocycles. The van der Waals surface area contributed by atoms with Crippen LogP contribution in [-0.4, -0.2) is 43.7 Å². The zero-order chi connectivity index (χ0) is 21.6. The first kappa shape index (κ1) is 20.4. The first-order chi connectivity index (χ1) is 14.1. The first-order valence-electron chi connectivity index (χ1n) is 9.84. The van der Waals surface area contributed by atoms with Crippen molar-refractivity contribution in [3.63, 3.8) is 0 Å². The second-order valence-corrected chi connectivity index (χ2v) is 7.98. The fraction of sp³-hybridized carbons (Fsp3) is 0.500. The predicted molar refractivity (Wildman–Crippen MR) is 101 cm³/mol. The van der Waals surface area contributed by atoms with Crippen LogP contribution >= 0.6 is 0 Å². The second kappa shape index (κ2) is 7.41. The van der Waals surface area contributed by atoms with Crippen molar-refractivity contribution in [1.82, 2.24) is 24.7 Å². The highest BCUT2D eigenvalue weighted by Crippen LogP contribution is 2.32. The molecule has 4 heterocycles. The predicted octanol–water partition coefficient (Wildman–Crippen LogP) is 4.19. The molecule has 0 bridgehead atoms. The molecule has 10 heteroatoms. The summed E-state index contributed by atoms with van der Waals surface area (Å²) in [7, 11) is 0. The molecule has 1 amide bonds. The Morgan fingerprint density at radius 2 is 2.03 bits per heavy atom. The Labute approximate surface area is 170 Å². The molecule has 1 saturated heterocycles. The van der Waals surface area contributed by atoms with E-state index in [1.54, 1.807) is 17.0 Å². The van der Waals surface area contributed by atoms with Gasteiger partial charge in [0.1, 0.15) is 5.69 Å². The molecule has 0 aromatic carbocycles. The molecule has 1 aliphatic heterocycles. The van der Waals surface area contributed by atoms with Crippen molar-refractivity contribution < 1.29 is 22.5 Å². The van der Waals surface area contributed by atoms with Crippen molar-refractivity contribution in [2.45, 2.75) is 51.6 Å². The van der Waals surface area contributed by atoms with Crippen molar-refractivity contribution in [3.05, 3.63) is 46.7 Å². The van der Waals surface area contributed by atoms with Crippen LogP contribution in [0.15, 0.2) is 22.7 Å². The van der Waals surface area contributed by atoms with Crippen LogP contribution in [0.5, 0.6) is 0 Å². The van der Waals surface area contributed by atoms with Crippen molar-refractivity contribution in [2.75, 3.05) is 13.1 Å². The quantitative estimate of drug-likeness (QED) is 0.634. The van der Waals surface area contributed by atoms with E-state index >= 15 is 0 Å². The number of alkyl halides is 3. The van der Waals surface area contributed by atoms with Crippen LogP contribution in [0, 0.1) is 6.92 Å². The number of aryl methyl sites for hydroxylation is 1. The van der Waals surface area contributed by atoms with Gasteiger partial charge < -0.3 is 9.42 Å². The van der Waals surface area contributed by atoms with Crippen LogP contribution in [-0.2, 0) is 6.18 Å². The van der Waals surface area contributed by atoms with Crippen LogP contribution in [0.1, 0.15) is 71.9 Å². The van der Waals surface area contributed by atoms with E-state index in [1.165, 1.54) is 6.92 Å². The minimum absolute atomic E-state index is 0.140. The number of fused-ring (bicyclic) bond motifs is 1. The van der Waals surface area contributed by atoms with Crippen molar-refractivity contribution >= 4 is 11.6 Å². The van der Waals surface area contributed by atoms with Gasteiger partial charge in [-0.05, 0) is 31.7 Å². The number of nitrogens with zero attached hydrogens (tertiary/aromatic N) is 5. The minimum atomic E-state index is -4.54. The third kappa shape index (κ3) is 3.78. The van der Waals surface area contributed by atoms with Crippen LogP contribution in [0.2, 0.25) is 0 Å². The highest BCUT2D eigenvalue weighted by atomic mass is 19.4. The van der Waals surface area contributed by atoms with Gasteiger partial charge in [0.25, 0.3) is 5.91 Å². The minimum Gasteiger partial charge on any atom is -0.351 e. The third-order valence-electron chi connectivity index (χ3n) is 5.32. The fourth-order valence-corrected chi connectivity index (χ4v) is 3.74. The van der Waals surface area contributed by atoms with Gasteiger partial charge in [0.15, 0.2) is 5.65 Å². The van der Waals surface area contributed by atoms with E-state index in [2.05, 4.69) is 15.2 Å².